The summed E-state index contributed by atoms with van der Waals surface area (Å²) >= 11 is 0. The van der Waals surface area contributed by atoms with E-state index in [0.29, 0.717) is 0 Å². The van der Waals surface area contributed by atoms with Gasteiger partial charge < -0.3 is 0 Å². The highest BCUT2D eigenvalue weighted by Crippen LogP contribution is 2.07. The SMILES string of the molecule is C/C=C(C#N)\C(C)=C/CC. The molecule has 0 aromatic carbocycles. The minimum atomic E-state index is 0.779. The van der Waals surface area contributed by atoms with Gasteiger partial charge >= 0.3 is 0 Å². The van der Waals surface area contributed by atoms with Crippen molar-refractivity contribution in [3.63, 3.8) is 0 Å². The van der Waals surface area contributed by atoms with Gasteiger partial charge in [-0.25, -0.2) is 0 Å². The summed E-state index contributed by atoms with van der Waals surface area (Å²) in [7, 11) is 0. The van der Waals surface area contributed by atoms with Crippen LogP contribution in [0.1, 0.15) is 27.2 Å². The fourth-order valence-corrected chi connectivity index (χ4v) is 0.797. The Labute approximate surface area is 62.7 Å². The van der Waals surface area contributed by atoms with Crippen LogP contribution in [-0.4, -0.2) is 0 Å². The van der Waals surface area contributed by atoms with Gasteiger partial charge in [-0.2, -0.15) is 5.26 Å². The Morgan fingerprint density at radius 1 is 1.60 bits per heavy atom. The van der Waals surface area contributed by atoms with Crippen LogP contribution in [0.2, 0.25) is 0 Å². The summed E-state index contributed by atoms with van der Waals surface area (Å²) in [6.45, 7) is 5.90. The van der Waals surface area contributed by atoms with Crippen molar-refractivity contribution in [1.29, 1.82) is 5.26 Å². The summed E-state index contributed by atoms with van der Waals surface area (Å²) in [5, 5.41) is 8.56. The van der Waals surface area contributed by atoms with Gasteiger partial charge in [-0.05, 0) is 25.8 Å². The van der Waals surface area contributed by atoms with Crippen molar-refractivity contribution in [1.82, 2.24) is 0 Å². The molecule has 0 aromatic heterocycles. The van der Waals surface area contributed by atoms with Crippen LogP contribution in [0.25, 0.3) is 0 Å². The molecule has 0 aliphatic rings. The van der Waals surface area contributed by atoms with Crippen LogP contribution < -0.4 is 0 Å². The lowest BCUT2D eigenvalue weighted by Gasteiger charge is -1.94. The first-order valence-corrected chi connectivity index (χ1v) is 3.49. The molecular formula is C9H13N. The summed E-state index contributed by atoms with van der Waals surface area (Å²) in [5.41, 5.74) is 1.86. The van der Waals surface area contributed by atoms with Crippen molar-refractivity contribution in [2.45, 2.75) is 27.2 Å². The van der Waals surface area contributed by atoms with E-state index >= 15 is 0 Å². The molecule has 0 saturated carbocycles. The molecule has 0 heterocycles. The van der Waals surface area contributed by atoms with Gasteiger partial charge in [-0.3, -0.25) is 0 Å². The Bertz CT molecular complexity index is 191. The second kappa shape index (κ2) is 4.81. The van der Waals surface area contributed by atoms with Crippen LogP contribution in [0.4, 0.5) is 0 Å². The third-order valence-electron chi connectivity index (χ3n) is 1.34. The number of nitrogens with zero attached hydrogens (tertiary/aromatic N) is 1. The summed E-state index contributed by atoms with van der Waals surface area (Å²) in [6, 6.07) is 2.13. The number of nitriles is 1. The average molecular weight is 135 g/mol. The maximum atomic E-state index is 8.56. The Hall–Kier alpha value is -1.03. The van der Waals surface area contributed by atoms with E-state index in [9.17, 15) is 0 Å². The first kappa shape index (κ1) is 8.97. The van der Waals surface area contributed by atoms with E-state index in [-0.39, 0.29) is 0 Å². The van der Waals surface area contributed by atoms with Crippen LogP contribution in [0.5, 0.6) is 0 Å². The molecule has 0 aliphatic carbocycles. The van der Waals surface area contributed by atoms with Gasteiger partial charge in [0.05, 0.1) is 11.6 Å². The molecule has 0 unspecified atom stereocenters. The molecule has 0 N–H and O–H groups in total. The minimum absolute atomic E-state index is 0.779. The van der Waals surface area contributed by atoms with E-state index in [4.69, 9.17) is 5.26 Å². The Morgan fingerprint density at radius 3 is 2.50 bits per heavy atom. The van der Waals surface area contributed by atoms with Crippen molar-refractivity contribution < 1.29 is 0 Å². The Kier molecular flexibility index (Phi) is 4.32. The van der Waals surface area contributed by atoms with Crippen molar-refractivity contribution in [3.8, 4) is 6.07 Å². The van der Waals surface area contributed by atoms with Crippen molar-refractivity contribution in [2.75, 3.05) is 0 Å². The summed E-state index contributed by atoms with van der Waals surface area (Å²) < 4.78 is 0. The van der Waals surface area contributed by atoms with E-state index in [2.05, 4.69) is 19.1 Å². The zero-order valence-electron chi connectivity index (χ0n) is 6.81. The van der Waals surface area contributed by atoms with Crippen LogP contribution in [0, 0.1) is 11.3 Å². The first-order chi connectivity index (χ1) is 4.76. The average Bonchev–Trinajstić information content (AvgIpc) is 1.91. The largest absolute Gasteiger partial charge is 0.192 e. The van der Waals surface area contributed by atoms with Crippen molar-refractivity contribution in [2.24, 2.45) is 0 Å². The lowest BCUT2D eigenvalue weighted by atomic mass is 10.1. The van der Waals surface area contributed by atoms with Crippen molar-refractivity contribution in [3.05, 3.63) is 23.3 Å². The monoisotopic (exact) mass is 135 g/mol. The Balaban J connectivity index is 4.35. The smallest absolute Gasteiger partial charge is 0.0990 e. The summed E-state index contributed by atoms with van der Waals surface area (Å²) in [6.07, 6.45) is 4.88. The summed E-state index contributed by atoms with van der Waals surface area (Å²) in [4.78, 5) is 0. The second-order valence-corrected chi connectivity index (χ2v) is 2.11. The molecule has 1 heteroatoms. The van der Waals surface area contributed by atoms with Crippen molar-refractivity contribution >= 4 is 0 Å². The quantitative estimate of drug-likeness (QED) is 0.422. The number of allylic oxidation sites excluding steroid dienone is 4. The molecule has 0 amide bonds. The molecule has 0 aliphatic heterocycles. The molecule has 1 nitrogen and oxygen atoms in total. The zero-order valence-corrected chi connectivity index (χ0v) is 6.81. The van der Waals surface area contributed by atoms with Crippen LogP contribution in [0.3, 0.4) is 0 Å². The van der Waals surface area contributed by atoms with Crippen LogP contribution >= 0.6 is 0 Å². The third kappa shape index (κ3) is 2.50. The number of rotatable bonds is 2. The molecule has 0 aromatic rings. The molecule has 0 spiro atoms. The predicted molar refractivity (Wildman–Crippen MR) is 43.4 cm³/mol. The van der Waals surface area contributed by atoms with Gasteiger partial charge in [0.25, 0.3) is 0 Å². The lowest BCUT2D eigenvalue weighted by Crippen LogP contribution is -1.79. The van der Waals surface area contributed by atoms with Gasteiger partial charge in [-0.15, -0.1) is 0 Å². The third-order valence-corrected chi connectivity index (χ3v) is 1.34. The highest BCUT2D eigenvalue weighted by atomic mass is 14.2. The van der Waals surface area contributed by atoms with Gasteiger partial charge in [0.1, 0.15) is 0 Å². The van der Waals surface area contributed by atoms with Gasteiger partial charge in [-0.1, -0.05) is 19.1 Å². The van der Waals surface area contributed by atoms with Gasteiger partial charge in [0.2, 0.25) is 0 Å². The highest BCUT2D eigenvalue weighted by Gasteiger charge is 1.93. The Morgan fingerprint density at radius 2 is 2.20 bits per heavy atom. The number of hydrogen-bond acceptors (Lipinski definition) is 1. The lowest BCUT2D eigenvalue weighted by molar-refractivity contribution is 1.18. The van der Waals surface area contributed by atoms with E-state index in [1.807, 2.05) is 19.9 Å². The molecule has 0 fully saturated rings. The summed E-state index contributed by atoms with van der Waals surface area (Å²) in [5.74, 6) is 0. The van der Waals surface area contributed by atoms with E-state index in [1.165, 1.54) is 0 Å². The molecular weight excluding hydrogens is 122 g/mol. The molecule has 0 saturated heterocycles. The molecule has 0 radical (unpaired) electrons. The molecule has 0 atom stereocenters. The maximum Gasteiger partial charge on any atom is 0.0990 e. The highest BCUT2D eigenvalue weighted by molar-refractivity contribution is 5.39. The molecule has 0 rings (SSSR count). The number of hydrogen-bond donors (Lipinski definition) is 0. The predicted octanol–water partition coefficient (Wildman–Crippen LogP) is 2.81. The fourth-order valence-electron chi connectivity index (χ4n) is 0.797. The first-order valence-electron chi connectivity index (χ1n) is 3.49. The van der Waals surface area contributed by atoms with Crippen LogP contribution in [-0.2, 0) is 0 Å². The maximum absolute atomic E-state index is 8.56. The fraction of sp³-hybridized carbons (Fsp3) is 0.444. The topological polar surface area (TPSA) is 23.8 Å². The second-order valence-electron chi connectivity index (χ2n) is 2.11. The zero-order chi connectivity index (χ0) is 7.98. The van der Waals surface area contributed by atoms with E-state index in [0.717, 1.165) is 17.6 Å². The molecule has 0 bridgehead atoms. The molecule has 54 valence electrons. The minimum Gasteiger partial charge on any atom is -0.192 e. The van der Waals surface area contributed by atoms with E-state index < -0.39 is 0 Å². The van der Waals surface area contributed by atoms with Crippen LogP contribution in [0.15, 0.2) is 23.3 Å². The normalized spacial score (nSPS) is 13.0. The van der Waals surface area contributed by atoms with E-state index in [1.54, 1.807) is 0 Å². The van der Waals surface area contributed by atoms with Gasteiger partial charge in [0, 0.05) is 0 Å². The van der Waals surface area contributed by atoms with Gasteiger partial charge in [0.15, 0.2) is 0 Å². The standard InChI is InChI=1S/C9H13N/c1-4-6-8(3)9(5-2)7-10/h5-6H,4H2,1-3H3/b8-6-,9-5-. The molecule has 10 heavy (non-hydrogen) atoms.